The van der Waals surface area contributed by atoms with Gasteiger partial charge in [-0.1, -0.05) is 6.42 Å². The van der Waals surface area contributed by atoms with Crippen LogP contribution in [-0.2, 0) is 4.79 Å². The molecule has 0 saturated carbocycles. The second kappa shape index (κ2) is 4.82. The lowest BCUT2D eigenvalue weighted by atomic mass is 9.82. The third-order valence-corrected chi connectivity index (χ3v) is 5.25. The van der Waals surface area contributed by atoms with Gasteiger partial charge in [0.1, 0.15) is 0 Å². The van der Waals surface area contributed by atoms with Gasteiger partial charge in [-0.15, -0.1) is 0 Å². The predicted octanol–water partition coefficient (Wildman–Crippen LogP) is 0.843. The number of carbonyl (C=O) groups excluding carboxylic acids is 1. The fraction of sp³-hybridized carbons (Fsp3) is 0.929. The minimum absolute atomic E-state index is 0.154. The second-order valence-electron chi connectivity index (χ2n) is 6.33. The Bertz CT molecular complexity index is 320. The van der Waals surface area contributed by atoms with E-state index in [1.165, 1.54) is 19.3 Å². The Kier molecular flexibility index (Phi) is 3.32. The van der Waals surface area contributed by atoms with Crippen LogP contribution in [0.2, 0.25) is 0 Å². The van der Waals surface area contributed by atoms with Crippen molar-refractivity contribution in [2.75, 3.05) is 20.2 Å². The van der Waals surface area contributed by atoms with Gasteiger partial charge in [0.25, 0.3) is 0 Å². The Balaban J connectivity index is 1.69. The van der Waals surface area contributed by atoms with Crippen molar-refractivity contribution in [3.8, 4) is 0 Å². The van der Waals surface area contributed by atoms with E-state index < -0.39 is 0 Å². The summed E-state index contributed by atoms with van der Waals surface area (Å²) >= 11 is 0. The van der Waals surface area contributed by atoms with E-state index in [0.29, 0.717) is 24.5 Å². The van der Waals surface area contributed by atoms with Crippen LogP contribution < -0.4 is 0 Å². The summed E-state index contributed by atoms with van der Waals surface area (Å²) in [7, 11) is 2.24. The van der Waals surface area contributed by atoms with Crippen LogP contribution in [-0.4, -0.2) is 59.1 Å². The van der Waals surface area contributed by atoms with Crippen LogP contribution in [0.25, 0.3) is 0 Å². The normalized spacial score (nSPS) is 41.4. The van der Waals surface area contributed by atoms with Crippen molar-refractivity contribution in [1.82, 2.24) is 9.80 Å². The highest BCUT2D eigenvalue weighted by Gasteiger charge is 2.42. The van der Waals surface area contributed by atoms with Gasteiger partial charge in [-0.05, 0) is 32.7 Å². The number of carbonyl (C=O) groups is 1. The molecule has 0 aromatic heterocycles. The van der Waals surface area contributed by atoms with Crippen LogP contribution >= 0.6 is 0 Å². The average Bonchev–Trinajstić information content (AvgIpc) is 2.70. The van der Waals surface area contributed by atoms with Crippen molar-refractivity contribution >= 4 is 5.91 Å². The number of amides is 1. The minimum atomic E-state index is 0.154. The molecule has 2 bridgehead atoms. The third kappa shape index (κ3) is 2.05. The largest absolute Gasteiger partial charge is 0.396 e. The SMILES string of the molecule is CN1[C@@H]2CCC[C@H]1CC(N1CC(CO)CC1=O)C2. The number of piperidine rings is 2. The van der Waals surface area contributed by atoms with Gasteiger partial charge >= 0.3 is 0 Å². The molecule has 0 aromatic rings. The van der Waals surface area contributed by atoms with Crippen molar-refractivity contribution in [3.05, 3.63) is 0 Å². The number of aliphatic hydroxyl groups is 1. The van der Waals surface area contributed by atoms with Crippen molar-refractivity contribution in [3.63, 3.8) is 0 Å². The van der Waals surface area contributed by atoms with E-state index in [0.717, 1.165) is 19.4 Å². The highest BCUT2D eigenvalue weighted by molar-refractivity contribution is 5.79. The maximum absolute atomic E-state index is 12.0. The highest BCUT2D eigenvalue weighted by atomic mass is 16.3. The quantitative estimate of drug-likeness (QED) is 0.792. The summed E-state index contributed by atoms with van der Waals surface area (Å²) in [5.41, 5.74) is 0. The highest BCUT2D eigenvalue weighted by Crippen LogP contribution is 2.36. The molecular formula is C14H24N2O2. The first kappa shape index (κ1) is 12.4. The number of hydrogen-bond acceptors (Lipinski definition) is 3. The summed E-state index contributed by atoms with van der Waals surface area (Å²) in [4.78, 5) is 16.6. The lowest BCUT2D eigenvalue weighted by molar-refractivity contribution is -0.131. The lowest BCUT2D eigenvalue weighted by Gasteiger charge is -2.49. The molecule has 3 fully saturated rings. The van der Waals surface area contributed by atoms with E-state index in [1.54, 1.807) is 0 Å². The van der Waals surface area contributed by atoms with Gasteiger partial charge in [0.15, 0.2) is 0 Å². The van der Waals surface area contributed by atoms with Gasteiger partial charge < -0.3 is 14.9 Å². The first-order valence-electron chi connectivity index (χ1n) is 7.31. The zero-order chi connectivity index (χ0) is 12.7. The van der Waals surface area contributed by atoms with Gasteiger partial charge in [0, 0.05) is 43.6 Å². The number of aliphatic hydroxyl groups excluding tert-OH is 1. The van der Waals surface area contributed by atoms with Gasteiger partial charge in [-0.3, -0.25) is 4.79 Å². The number of rotatable bonds is 2. The maximum Gasteiger partial charge on any atom is 0.223 e. The van der Waals surface area contributed by atoms with Gasteiger partial charge in [0.05, 0.1) is 0 Å². The monoisotopic (exact) mass is 252 g/mol. The molecule has 0 aromatic carbocycles. The molecule has 3 aliphatic rings. The fourth-order valence-corrected chi connectivity index (χ4v) is 4.13. The van der Waals surface area contributed by atoms with E-state index in [4.69, 9.17) is 0 Å². The summed E-state index contributed by atoms with van der Waals surface area (Å²) < 4.78 is 0. The second-order valence-corrected chi connectivity index (χ2v) is 6.33. The molecule has 1 amide bonds. The lowest BCUT2D eigenvalue weighted by Crippen LogP contribution is -2.55. The molecule has 3 heterocycles. The molecule has 0 aliphatic carbocycles. The smallest absolute Gasteiger partial charge is 0.223 e. The van der Waals surface area contributed by atoms with E-state index >= 15 is 0 Å². The summed E-state index contributed by atoms with van der Waals surface area (Å²) in [5.74, 6) is 0.443. The van der Waals surface area contributed by atoms with Crippen molar-refractivity contribution in [2.24, 2.45) is 5.92 Å². The van der Waals surface area contributed by atoms with Crippen molar-refractivity contribution < 1.29 is 9.90 Å². The van der Waals surface area contributed by atoms with E-state index in [2.05, 4.69) is 16.8 Å². The van der Waals surface area contributed by atoms with Crippen LogP contribution in [0.1, 0.15) is 38.5 Å². The molecule has 0 radical (unpaired) electrons. The third-order valence-electron chi connectivity index (χ3n) is 5.25. The van der Waals surface area contributed by atoms with Crippen LogP contribution in [0.3, 0.4) is 0 Å². The number of fused-ring (bicyclic) bond motifs is 2. The van der Waals surface area contributed by atoms with E-state index in [1.807, 2.05) is 0 Å². The molecular weight excluding hydrogens is 228 g/mol. The molecule has 3 saturated heterocycles. The number of likely N-dealkylation sites (tertiary alicyclic amines) is 1. The molecule has 4 heteroatoms. The number of hydrogen-bond donors (Lipinski definition) is 1. The molecule has 18 heavy (non-hydrogen) atoms. The van der Waals surface area contributed by atoms with Gasteiger partial charge in [0.2, 0.25) is 5.91 Å². The van der Waals surface area contributed by atoms with Gasteiger partial charge in [-0.25, -0.2) is 0 Å². The molecule has 102 valence electrons. The fourth-order valence-electron chi connectivity index (χ4n) is 4.13. The van der Waals surface area contributed by atoms with E-state index in [9.17, 15) is 9.90 Å². The maximum atomic E-state index is 12.0. The first-order chi connectivity index (χ1) is 8.69. The molecule has 2 unspecified atom stereocenters. The Morgan fingerprint density at radius 1 is 1.22 bits per heavy atom. The standard InChI is InChI=1S/C14H24N2O2/c1-15-11-3-2-4-12(15)7-13(6-11)16-8-10(9-17)5-14(16)18/h10-13,17H,2-9H2,1H3/t10?,11-,12+,13?. The molecule has 4 atom stereocenters. The Morgan fingerprint density at radius 3 is 2.44 bits per heavy atom. The Hall–Kier alpha value is -0.610. The average molecular weight is 252 g/mol. The molecule has 3 aliphatic heterocycles. The summed E-state index contributed by atoms with van der Waals surface area (Å²) in [5, 5.41) is 9.22. The zero-order valence-corrected chi connectivity index (χ0v) is 11.2. The Labute approximate surface area is 109 Å². The van der Waals surface area contributed by atoms with Crippen LogP contribution in [0.15, 0.2) is 0 Å². The topological polar surface area (TPSA) is 43.8 Å². The predicted molar refractivity (Wildman–Crippen MR) is 69.1 cm³/mol. The first-order valence-corrected chi connectivity index (χ1v) is 7.31. The molecule has 1 N–H and O–H groups in total. The van der Waals surface area contributed by atoms with Crippen LogP contribution in [0, 0.1) is 5.92 Å². The summed E-state index contributed by atoms with van der Waals surface area (Å²) in [6.45, 7) is 0.935. The van der Waals surface area contributed by atoms with Crippen LogP contribution in [0.4, 0.5) is 0 Å². The Morgan fingerprint density at radius 2 is 1.89 bits per heavy atom. The molecule has 3 rings (SSSR count). The van der Waals surface area contributed by atoms with Crippen LogP contribution in [0.5, 0.6) is 0 Å². The molecule has 4 nitrogen and oxygen atoms in total. The van der Waals surface area contributed by atoms with E-state index in [-0.39, 0.29) is 18.4 Å². The molecule has 0 spiro atoms. The zero-order valence-electron chi connectivity index (χ0n) is 11.2. The van der Waals surface area contributed by atoms with Crippen molar-refractivity contribution in [1.29, 1.82) is 0 Å². The summed E-state index contributed by atoms with van der Waals surface area (Å²) in [6.07, 6.45) is 6.75. The van der Waals surface area contributed by atoms with Gasteiger partial charge in [-0.2, -0.15) is 0 Å². The minimum Gasteiger partial charge on any atom is -0.396 e. The van der Waals surface area contributed by atoms with Crippen molar-refractivity contribution in [2.45, 2.75) is 56.7 Å². The number of nitrogens with zero attached hydrogens (tertiary/aromatic N) is 2. The summed E-state index contributed by atoms with van der Waals surface area (Å²) in [6, 6.07) is 1.77.